The molecule has 23 heavy (non-hydrogen) atoms. The van der Waals surface area contributed by atoms with Crippen LogP contribution < -0.4 is 10.6 Å². The van der Waals surface area contributed by atoms with Crippen molar-refractivity contribution in [3.8, 4) is 0 Å². The Labute approximate surface area is 163 Å². The minimum atomic E-state index is 0. The monoisotopic (exact) mass is 452 g/mol. The lowest BCUT2D eigenvalue weighted by Gasteiger charge is -2.21. The van der Waals surface area contributed by atoms with Crippen molar-refractivity contribution in [2.45, 2.75) is 53.1 Å². The molecule has 4 nitrogen and oxygen atoms in total. The number of rotatable bonds is 10. The predicted molar refractivity (Wildman–Crippen MR) is 114 cm³/mol. The molecule has 0 fully saturated rings. The Bertz CT molecular complexity index is 405. The number of hydrogen-bond acceptors (Lipinski definition) is 3. The van der Waals surface area contributed by atoms with Crippen LogP contribution in [0.15, 0.2) is 22.5 Å². The second-order valence-electron chi connectivity index (χ2n) is 5.49. The zero-order valence-electron chi connectivity index (χ0n) is 15.0. The summed E-state index contributed by atoms with van der Waals surface area (Å²) in [7, 11) is 0. The molecule has 0 saturated heterocycles. The molecule has 134 valence electrons. The minimum absolute atomic E-state index is 0. The first kappa shape index (κ1) is 22.7. The first-order valence-electron chi connectivity index (χ1n) is 8.49. The average Bonchev–Trinajstić information content (AvgIpc) is 3.03. The molecule has 2 N–H and O–H groups in total. The van der Waals surface area contributed by atoms with Gasteiger partial charge in [0.25, 0.3) is 0 Å². The Kier molecular flexibility index (Phi) is 13.8. The molecule has 0 bridgehead atoms. The van der Waals surface area contributed by atoms with Crippen LogP contribution >= 0.6 is 35.3 Å². The summed E-state index contributed by atoms with van der Waals surface area (Å²) in [5.74, 6) is 0.922. The maximum absolute atomic E-state index is 4.67. The van der Waals surface area contributed by atoms with E-state index in [0.29, 0.717) is 6.04 Å². The van der Waals surface area contributed by atoms with Gasteiger partial charge in [0.15, 0.2) is 5.96 Å². The van der Waals surface area contributed by atoms with Crippen molar-refractivity contribution in [2.24, 2.45) is 4.99 Å². The highest BCUT2D eigenvalue weighted by atomic mass is 127. The Morgan fingerprint density at radius 3 is 2.61 bits per heavy atom. The molecule has 1 aromatic rings. The Balaban J connectivity index is 0.00000484. The highest BCUT2D eigenvalue weighted by Crippen LogP contribution is 2.09. The molecule has 0 saturated carbocycles. The third kappa shape index (κ3) is 10.2. The van der Waals surface area contributed by atoms with Crippen LogP contribution in [0.4, 0.5) is 0 Å². The van der Waals surface area contributed by atoms with Crippen LogP contribution in [0.25, 0.3) is 0 Å². The van der Waals surface area contributed by atoms with Gasteiger partial charge in [0.05, 0.1) is 6.54 Å². The minimum Gasteiger partial charge on any atom is -0.357 e. The van der Waals surface area contributed by atoms with Gasteiger partial charge in [0.1, 0.15) is 0 Å². The SMILES string of the molecule is CCNC(=NCc1cccs1)NC(C)CCCN(CC)CC.I. The molecular formula is C17H33IN4S. The summed E-state index contributed by atoms with van der Waals surface area (Å²) in [6, 6.07) is 4.65. The summed E-state index contributed by atoms with van der Waals surface area (Å²) >= 11 is 1.76. The average molecular weight is 452 g/mol. The van der Waals surface area contributed by atoms with E-state index >= 15 is 0 Å². The summed E-state index contributed by atoms with van der Waals surface area (Å²) in [6.07, 6.45) is 2.39. The lowest BCUT2D eigenvalue weighted by Crippen LogP contribution is -2.42. The van der Waals surface area contributed by atoms with E-state index in [1.165, 1.54) is 24.3 Å². The van der Waals surface area contributed by atoms with Crippen molar-refractivity contribution in [1.29, 1.82) is 0 Å². The fourth-order valence-corrected chi connectivity index (χ4v) is 2.97. The van der Waals surface area contributed by atoms with E-state index < -0.39 is 0 Å². The molecule has 0 aliphatic rings. The number of nitrogens with one attached hydrogen (secondary N) is 2. The fourth-order valence-electron chi connectivity index (χ4n) is 2.35. The summed E-state index contributed by atoms with van der Waals surface area (Å²) < 4.78 is 0. The molecule has 0 spiro atoms. The van der Waals surface area contributed by atoms with E-state index in [1.807, 2.05) is 0 Å². The predicted octanol–water partition coefficient (Wildman–Crippen LogP) is 3.93. The lowest BCUT2D eigenvalue weighted by atomic mass is 10.2. The summed E-state index contributed by atoms with van der Waals surface area (Å²) in [5, 5.41) is 8.94. The fraction of sp³-hybridized carbons (Fsp3) is 0.706. The van der Waals surface area contributed by atoms with Gasteiger partial charge in [-0.3, -0.25) is 0 Å². The lowest BCUT2D eigenvalue weighted by molar-refractivity contribution is 0.292. The zero-order chi connectivity index (χ0) is 16.2. The number of guanidine groups is 1. The smallest absolute Gasteiger partial charge is 0.191 e. The molecule has 1 aromatic heterocycles. The van der Waals surface area contributed by atoms with E-state index in [2.05, 4.69) is 65.7 Å². The number of nitrogens with zero attached hydrogens (tertiary/aromatic N) is 2. The van der Waals surface area contributed by atoms with Crippen LogP contribution in [0.3, 0.4) is 0 Å². The van der Waals surface area contributed by atoms with Crippen LogP contribution in [-0.4, -0.2) is 43.1 Å². The molecule has 0 radical (unpaired) electrons. The third-order valence-electron chi connectivity index (χ3n) is 3.71. The van der Waals surface area contributed by atoms with Gasteiger partial charge in [0, 0.05) is 17.5 Å². The van der Waals surface area contributed by atoms with Crippen molar-refractivity contribution >= 4 is 41.3 Å². The first-order chi connectivity index (χ1) is 10.7. The molecule has 1 atom stereocenters. The molecule has 0 aliphatic heterocycles. The van der Waals surface area contributed by atoms with E-state index in [0.717, 1.165) is 32.1 Å². The summed E-state index contributed by atoms with van der Waals surface area (Å²) in [6.45, 7) is 13.9. The highest BCUT2D eigenvalue weighted by Gasteiger charge is 2.06. The number of thiophene rings is 1. The Morgan fingerprint density at radius 2 is 2.04 bits per heavy atom. The molecule has 1 rings (SSSR count). The van der Waals surface area contributed by atoms with Crippen molar-refractivity contribution < 1.29 is 0 Å². The van der Waals surface area contributed by atoms with Gasteiger partial charge in [0.2, 0.25) is 0 Å². The number of hydrogen-bond donors (Lipinski definition) is 2. The van der Waals surface area contributed by atoms with Gasteiger partial charge in [-0.25, -0.2) is 4.99 Å². The molecule has 6 heteroatoms. The Morgan fingerprint density at radius 1 is 1.30 bits per heavy atom. The van der Waals surface area contributed by atoms with Gasteiger partial charge in [-0.05, 0) is 57.8 Å². The van der Waals surface area contributed by atoms with Crippen molar-refractivity contribution in [3.63, 3.8) is 0 Å². The van der Waals surface area contributed by atoms with Crippen molar-refractivity contribution in [2.75, 3.05) is 26.2 Å². The van der Waals surface area contributed by atoms with Gasteiger partial charge in [-0.1, -0.05) is 19.9 Å². The second-order valence-corrected chi connectivity index (χ2v) is 6.52. The summed E-state index contributed by atoms with van der Waals surface area (Å²) in [5.41, 5.74) is 0. The third-order valence-corrected chi connectivity index (χ3v) is 4.57. The van der Waals surface area contributed by atoms with Gasteiger partial charge >= 0.3 is 0 Å². The summed E-state index contributed by atoms with van der Waals surface area (Å²) in [4.78, 5) is 8.44. The van der Waals surface area contributed by atoms with Crippen LogP contribution in [-0.2, 0) is 6.54 Å². The second kappa shape index (κ2) is 14.0. The molecular weight excluding hydrogens is 419 g/mol. The standard InChI is InChI=1S/C17H32N4S.HI/c1-5-18-17(19-14-16-11-9-13-22-16)20-15(4)10-8-12-21(6-2)7-3;/h9,11,13,15H,5-8,10,12,14H2,1-4H3,(H2,18,19,20);1H. The van der Waals surface area contributed by atoms with Crippen LogP contribution in [0.2, 0.25) is 0 Å². The maximum Gasteiger partial charge on any atom is 0.191 e. The maximum atomic E-state index is 4.67. The normalized spacial score (nSPS) is 12.8. The molecule has 0 aromatic carbocycles. The highest BCUT2D eigenvalue weighted by molar-refractivity contribution is 14.0. The molecule has 0 aliphatic carbocycles. The van der Waals surface area contributed by atoms with E-state index in [9.17, 15) is 0 Å². The van der Waals surface area contributed by atoms with Gasteiger partial charge < -0.3 is 15.5 Å². The van der Waals surface area contributed by atoms with Gasteiger partial charge in [-0.2, -0.15) is 0 Å². The molecule has 0 amide bonds. The van der Waals surface area contributed by atoms with Gasteiger partial charge in [-0.15, -0.1) is 35.3 Å². The first-order valence-corrected chi connectivity index (χ1v) is 9.37. The van der Waals surface area contributed by atoms with Crippen LogP contribution in [0.5, 0.6) is 0 Å². The van der Waals surface area contributed by atoms with Crippen LogP contribution in [0, 0.1) is 0 Å². The van der Waals surface area contributed by atoms with E-state index in [-0.39, 0.29) is 24.0 Å². The van der Waals surface area contributed by atoms with Crippen molar-refractivity contribution in [3.05, 3.63) is 22.4 Å². The van der Waals surface area contributed by atoms with Crippen molar-refractivity contribution in [1.82, 2.24) is 15.5 Å². The number of aliphatic imine (C=N–C) groups is 1. The quantitative estimate of drug-likeness (QED) is 0.321. The number of halogens is 1. The van der Waals surface area contributed by atoms with E-state index in [1.54, 1.807) is 11.3 Å². The Hall–Kier alpha value is -0.340. The molecule has 1 heterocycles. The zero-order valence-corrected chi connectivity index (χ0v) is 18.1. The largest absolute Gasteiger partial charge is 0.357 e. The molecule has 1 unspecified atom stereocenters. The van der Waals surface area contributed by atoms with E-state index in [4.69, 9.17) is 0 Å². The topological polar surface area (TPSA) is 39.7 Å². The van der Waals surface area contributed by atoms with Crippen LogP contribution in [0.1, 0.15) is 45.4 Å².